The van der Waals surface area contributed by atoms with Crippen molar-refractivity contribution in [2.24, 2.45) is 5.41 Å². The molecule has 1 atom stereocenters. The molecule has 1 fully saturated rings. The summed E-state index contributed by atoms with van der Waals surface area (Å²) in [6.07, 6.45) is 2.86. The van der Waals surface area contributed by atoms with Crippen molar-refractivity contribution < 1.29 is 42.2 Å². The summed E-state index contributed by atoms with van der Waals surface area (Å²) >= 11 is 0. The van der Waals surface area contributed by atoms with Gasteiger partial charge >= 0.3 is 6.09 Å². The zero-order chi connectivity index (χ0) is 41.8. The Hall–Kier alpha value is -6.38. The molecule has 0 saturated carbocycles. The van der Waals surface area contributed by atoms with E-state index in [1.165, 1.54) is 4.90 Å². The van der Waals surface area contributed by atoms with Crippen LogP contribution in [0.15, 0.2) is 91.1 Å². The summed E-state index contributed by atoms with van der Waals surface area (Å²) in [6.45, 7) is 9.57. The molecule has 13 nitrogen and oxygen atoms in total. The van der Waals surface area contributed by atoms with Crippen LogP contribution in [0.5, 0.6) is 5.75 Å². The van der Waals surface area contributed by atoms with Crippen LogP contribution in [0.25, 0.3) is 11.3 Å². The highest BCUT2D eigenvalue weighted by Gasteiger charge is 2.40. The monoisotopic (exact) mass is 796 g/mol. The molecule has 0 radical (unpaired) electrons. The van der Waals surface area contributed by atoms with Crippen LogP contribution in [-0.2, 0) is 25.7 Å². The number of rotatable bonds is 14. The number of hydrogen-bond donors (Lipinski definition) is 2. The molecule has 1 saturated heterocycles. The third-order valence-electron chi connectivity index (χ3n) is 9.62. The van der Waals surface area contributed by atoms with Crippen LogP contribution < -0.4 is 15.4 Å². The van der Waals surface area contributed by atoms with Gasteiger partial charge in [0, 0.05) is 55.4 Å². The largest absolute Gasteiger partial charge is 0.486 e. The molecule has 58 heavy (non-hydrogen) atoms. The lowest BCUT2D eigenvalue weighted by Gasteiger charge is -2.39. The molecule has 304 valence electrons. The van der Waals surface area contributed by atoms with Gasteiger partial charge in [-0.05, 0) is 56.7 Å². The Morgan fingerprint density at radius 1 is 0.914 bits per heavy atom. The van der Waals surface area contributed by atoms with E-state index in [9.17, 15) is 28.4 Å². The number of halogens is 2. The highest BCUT2D eigenvalue weighted by Crippen LogP contribution is 2.39. The van der Waals surface area contributed by atoms with Crippen LogP contribution in [0.4, 0.5) is 13.6 Å². The zero-order valence-corrected chi connectivity index (χ0v) is 33.0. The predicted molar refractivity (Wildman–Crippen MR) is 209 cm³/mol. The fraction of sp³-hybridized carbons (Fsp3) is 0.349. The molecule has 15 heteroatoms. The van der Waals surface area contributed by atoms with E-state index in [1.54, 1.807) is 69.6 Å². The number of nitrogens with one attached hydrogen (secondary N) is 2. The van der Waals surface area contributed by atoms with Crippen molar-refractivity contribution in [2.45, 2.75) is 65.3 Å². The van der Waals surface area contributed by atoms with Crippen molar-refractivity contribution in [3.8, 4) is 17.0 Å². The van der Waals surface area contributed by atoms with E-state index in [0.29, 0.717) is 0 Å². The van der Waals surface area contributed by atoms with Gasteiger partial charge in [0.25, 0.3) is 17.7 Å². The molecule has 2 aliphatic rings. The first-order valence-electron chi connectivity index (χ1n) is 18.9. The van der Waals surface area contributed by atoms with Gasteiger partial charge in [0.15, 0.2) is 0 Å². The maximum absolute atomic E-state index is 15.2. The second-order valence-corrected chi connectivity index (χ2v) is 15.9. The average Bonchev–Trinajstić information content (AvgIpc) is 3.70. The van der Waals surface area contributed by atoms with Crippen LogP contribution >= 0.6 is 0 Å². The molecule has 0 spiro atoms. The molecule has 2 aliphatic heterocycles. The van der Waals surface area contributed by atoms with Gasteiger partial charge in [0.05, 0.1) is 30.4 Å². The topological polar surface area (TPSA) is 152 Å². The second-order valence-electron chi connectivity index (χ2n) is 15.9. The third kappa shape index (κ3) is 9.94. The van der Waals surface area contributed by atoms with E-state index in [2.05, 4.69) is 10.6 Å². The number of ether oxygens (including phenoxy) is 2. The number of para-hydroxylation sites is 1. The summed E-state index contributed by atoms with van der Waals surface area (Å²) in [5.41, 5.74) is -0.709. The quantitative estimate of drug-likeness (QED) is 0.152. The van der Waals surface area contributed by atoms with Crippen molar-refractivity contribution in [1.82, 2.24) is 30.0 Å². The molecule has 2 N–H and O–H groups in total. The van der Waals surface area contributed by atoms with Crippen molar-refractivity contribution in [1.29, 1.82) is 0 Å². The van der Waals surface area contributed by atoms with Crippen molar-refractivity contribution in [2.75, 3.05) is 26.2 Å². The first kappa shape index (κ1) is 41.3. The number of aromatic nitrogens is 2. The Morgan fingerprint density at radius 3 is 2.28 bits per heavy atom. The fourth-order valence-corrected chi connectivity index (χ4v) is 6.67. The lowest BCUT2D eigenvalue weighted by Crippen LogP contribution is -2.57. The molecular formula is C43H46F2N6O7. The minimum absolute atomic E-state index is 0.00599. The number of imidazole rings is 1. The van der Waals surface area contributed by atoms with E-state index >= 15 is 4.39 Å². The highest BCUT2D eigenvalue weighted by molar-refractivity contribution is 6.12. The molecule has 4 aromatic rings. The van der Waals surface area contributed by atoms with E-state index in [-0.39, 0.29) is 67.5 Å². The normalized spacial score (nSPS) is 14.9. The summed E-state index contributed by atoms with van der Waals surface area (Å²) in [5, 5.41) is 5.85. The summed E-state index contributed by atoms with van der Waals surface area (Å²) < 4.78 is 43.1. The van der Waals surface area contributed by atoms with Gasteiger partial charge < -0.3 is 29.6 Å². The molecular weight excluding hydrogens is 751 g/mol. The van der Waals surface area contributed by atoms with E-state index < -0.39 is 64.5 Å². The number of likely N-dealkylation sites (tertiary alicyclic amines) is 1. The number of carbonyl (C=O) groups is 5. The molecule has 0 aliphatic carbocycles. The highest BCUT2D eigenvalue weighted by atomic mass is 19.1. The predicted octanol–water partition coefficient (Wildman–Crippen LogP) is 5.80. The van der Waals surface area contributed by atoms with Crippen LogP contribution in [0.1, 0.15) is 68.8 Å². The maximum atomic E-state index is 15.2. The Labute approximate surface area is 335 Å². The molecule has 3 heterocycles. The number of carbonyl (C=O) groups excluding carboxylic acids is 5. The molecule has 1 aromatic heterocycles. The van der Waals surface area contributed by atoms with E-state index in [4.69, 9.17) is 14.5 Å². The molecule has 6 rings (SSSR count). The maximum Gasteiger partial charge on any atom is 0.410 e. The Morgan fingerprint density at radius 2 is 1.59 bits per heavy atom. The first-order chi connectivity index (χ1) is 27.5. The average molecular weight is 797 g/mol. The Kier molecular flexibility index (Phi) is 12.1. The molecule has 1 unspecified atom stereocenters. The number of imide groups is 1. The summed E-state index contributed by atoms with van der Waals surface area (Å²) in [6, 6.07) is 18.0. The SMILES string of the molecule is CC(C)(C)OC(=O)N1CC(Oc2ccccc2C(=O)NC(c2nc(-c3cc(F)ccc3F)cn2Cc2ccccc2)C(C)(C)CC(=O)NCCN2C(=O)C=CC2=O)C1. The van der Waals surface area contributed by atoms with Gasteiger partial charge in [0.2, 0.25) is 5.91 Å². The minimum atomic E-state index is -1.10. The van der Waals surface area contributed by atoms with Crippen molar-refractivity contribution in [3.05, 3.63) is 120 Å². The lowest BCUT2D eigenvalue weighted by atomic mass is 9.80. The Bertz CT molecular complexity index is 2210. The van der Waals surface area contributed by atoms with Crippen LogP contribution in [0.3, 0.4) is 0 Å². The number of amides is 5. The van der Waals surface area contributed by atoms with Gasteiger partial charge in [0.1, 0.15) is 34.9 Å². The van der Waals surface area contributed by atoms with Gasteiger partial charge in [-0.1, -0.05) is 56.3 Å². The second kappa shape index (κ2) is 17.0. The smallest absolute Gasteiger partial charge is 0.410 e. The van der Waals surface area contributed by atoms with Crippen molar-refractivity contribution in [3.63, 3.8) is 0 Å². The lowest BCUT2D eigenvalue weighted by molar-refractivity contribution is -0.137. The van der Waals surface area contributed by atoms with E-state index in [1.807, 2.05) is 30.3 Å². The van der Waals surface area contributed by atoms with Crippen LogP contribution in [-0.4, -0.2) is 87.0 Å². The van der Waals surface area contributed by atoms with Gasteiger partial charge in [-0.2, -0.15) is 0 Å². The summed E-state index contributed by atoms with van der Waals surface area (Å²) in [7, 11) is 0. The number of benzene rings is 3. The van der Waals surface area contributed by atoms with Gasteiger partial charge in [-0.3, -0.25) is 24.1 Å². The summed E-state index contributed by atoms with van der Waals surface area (Å²) in [4.78, 5) is 71.9. The third-order valence-corrected chi connectivity index (χ3v) is 9.62. The number of nitrogens with zero attached hydrogens (tertiary/aromatic N) is 4. The van der Waals surface area contributed by atoms with Gasteiger partial charge in [-0.15, -0.1) is 0 Å². The van der Waals surface area contributed by atoms with Crippen LogP contribution in [0, 0.1) is 17.0 Å². The molecule has 3 aromatic carbocycles. The summed E-state index contributed by atoms with van der Waals surface area (Å²) in [5.74, 6) is -2.78. The van der Waals surface area contributed by atoms with Crippen LogP contribution in [0.2, 0.25) is 0 Å². The van der Waals surface area contributed by atoms with Crippen molar-refractivity contribution >= 4 is 29.7 Å². The molecule has 0 bridgehead atoms. The number of hydrogen-bond acceptors (Lipinski definition) is 8. The van der Waals surface area contributed by atoms with Gasteiger partial charge in [-0.25, -0.2) is 18.6 Å². The first-order valence-corrected chi connectivity index (χ1v) is 18.9. The Balaban J connectivity index is 1.30. The zero-order valence-electron chi connectivity index (χ0n) is 33.0. The fourth-order valence-electron chi connectivity index (χ4n) is 6.67. The standard InChI is InChI=1S/C43H46F2N6O7/c1-42(2,3)58-41(56)50-24-29(25-50)57-34-14-10-9-13-30(34)40(55)48-38(43(4,5)22-35(52)46-19-20-51-36(53)17-18-37(51)54)39-47-33(31-21-28(44)15-16-32(31)45)26-49(39)23-27-11-7-6-8-12-27/h6-18,21,26,29,38H,19-20,22-25H2,1-5H3,(H,46,52)(H,48,55). The minimum Gasteiger partial charge on any atom is -0.486 e. The molecule has 5 amide bonds. The van der Waals surface area contributed by atoms with E-state index in [0.717, 1.165) is 40.8 Å².